The van der Waals surface area contributed by atoms with Crippen LogP contribution in [0.3, 0.4) is 0 Å². The molecule has 1 aliphatic heterocycles. The second-order valence-corrected chi connectivity index (χ2v) is 3.88. The third-order valence-electron chi connectivity index (χ3n) is 2.74. The van der Waals surface area contributed by atoms with E-state index in [1.807, 2.05) is 12.1 Å². The number of nitrogens with zero attached hydrogens (tertiary/aromatic N) is 2. The van der Waals surface area contributed by atoms with Crippen molar-refractivity contribution >= 4 is 29.1 Å². The number of hydrogen-bond acceptors (Lipinski definition) is 4. The number of cyclic esters (lactones) is 1. The molecule has 1 saturated heterocycles. The van der Waals surface area contributed by atoms with Crippen LogP contribution in [0, 0.1) is 0 Å². The van der Waals surface area contributed by atoms with E-state index >= 15 is 0 Å². The molecule has 2 aromatic heterocycles. The summed E-state index contributed by atoms with van der Waals surface area (Å²) in [5, 5.41) is 0. The van der Waals surface area contributed by atoms with Crippen LogP contribution in [0.2, 0.25) is 0 Å². The molecule has 1 N–H and O–H groups in total. The van der Waals surface area contributed by atoms with Crippen LogP contribution in [0.4, 0.5) is 4.79 Å². The summed E-state index contributed by atoms with van der Waals surface area (Å²) < 4.78 is 4.86. The van der Waals surface area contributed by atoms with E-state index < -0.39 is 12.0 Å². The monoisotopic (exact) mass is 243 g/mol. The number of hydrogen-bond donors (Lipinski definition) is 1. The summed E-state index contributed by atoms with van der Waals surface area (Å²) in [5.74, 6) is -0.445. The first-order chi connectivity index (χ1) is 8.66. The molecule has 0 radical (unpaired) electrons. The summed E-state index contributed by atoms with van der Waals surface area (Å²) in [6.07, 6.45) is 4.21. The first-order valence-corrected chi connectivity index (χ1v) is 5.30. The summed E-state index contributed by atoms with van der Waals surface area (Å²) in [7, 11) is 1.37. The molecule has 90 valence electrons. The van der Waals surface area contributed by atoms with Crippen LogP contribution in [0.15, 0.2) is 30.3 Å². The minimum absolute atomic E-state index is 0.00838. The summed E-state index contributed by atoms with van der Waals surface area (Å²) in [6.45, 7) is 0. The Kier molecular flexibility index (Phi) is 2.16. The van der Waals surface area contributed by atoms with Gasteiger partial charge in [-0.2, -0.15) is 0 Å². The van der Waals surface area contributed by atoms with Crippen LogP contribution >= 0.6 is 0 Å². The number of imide groups is 1. The van der Waals surface area contributed by atoms with E-state index in [-0.39, 0.29) is 5.76 Å². The van der Waals surface area contributed by atoms with Crippen LogP contribution in [0.25, 0.3) is 17.1 Å². The maximum atomic E-state index is 11.7. The minimum Gasteiger partial charge on any atom is -0.404 e. The van der Waals surface area contributed by atoms with Crippen molar-refractivity contribution in [2.75, 3.05) is 7.05 Å². The van der Waals surface area contributed by atoms with E-state index in [4.69, 9.17) is 4.74 Å². The molecule has 0 aliphatic carbocycles. The number of aromatic nitrogens is 2. The lowest BCUT2D eigenvalue weighted by Gasteiger charge is -1.96. The van der Waals surface area contributed by atoms with Crippen molar-refractivity contribution < 1.29 is 14.3 Å². The molecule has 18 heavy (non-hydrogen) atoms. The molecule has 2 aromatic rings. The Morgan fingerprint density at radius 3 is 3.00 bits per heavy atom. The zero-order chi connectivity index (χ0) is 12.7. The van der Waals surface area contributed by atoms with Gasteiger partial charge in [-0.3, -0.25) is 9.78 Å². The number of aromatic amines is 1. The van der Waals surface area contributed by atoms with Crippen molar-refractivity contribution in [1.82, 2.24) is 14.9 Å². The van der Waals surface area contributed by atoms with Gasteiger partial charge >= 0.3 is 6.09 Å². The summed E-state index contributed by atoms with van der Waals surface area (Å²) >= 11 is 0. The number of pyridine rings is 1. The highest BCUT2D eigenvalue weighted by Gasteiger charge is 2.33. The van der Waals surface area contributed by atoms with Gasteiger partial charge in [0.1, 0.15) is 0 Å². The molecule has 3 rings (SSSR count). The van der Waals surface area contributed by atoms with Gasteiger partial charge in [0.25, 0.3) is 5.91 Å². The van der Waals surface area contributed by atoms with Crippen LogP contribution in [0.5, 0.6) is 0 Å². The molecule has 0 saturated carbocycles. The molecule has 6 heteroatoms. The van der Waals surface area contributed by atoms with E-state index in [2.05, 4.69) is 9.97 Å². The van der Waals surface area contributed by atoms with E-state index in [9.17, 15) is 9.59 Å². The molecule has 0 spiro atoms. The number of ether oxygens (including phenoxy) is 1. The van der Waals surface area contributed by atoms with Crippen LogP contribution in [-0.4, -0.2) is 33.9 Å². The highest BCUT2D eigenvalue weighted by molar-refractivity contribution is 6.10. The van der Waals surface area contributed by atoms with Gasteiger partial charge < -0.3 is 9.72 Å². The van der Waals surface area contributed by atoms with Crippen LogP contribution < -0.4 is 0 Å². The maximum absolute atomic E-state index is 11.7. The summed E-state index contributed by atoms with van der Waals surface area (Å²) in [4.78, 5) is 31.0. The Bertz CT molecular complexity index is 687. The predicted molar refractivity (Wildman–Crippen MR) is 63.3 cm³/mol. The lowest BCUT2D eigenvalue weighted by atomic mass is 10.2. The number of carbonyl (C=O) groups is 2. The molecule has 1 aliphatic rings. The standard InChI is InChI=1S/C12H9N3O3/c1-15-11(16)9(18-12(15)17)5-7-6-14-8-3-2-4-13-10(7)8/h2-6,14H,1H3/b9-5-. The molecular formula is C12H9N3O3. The van der Waals surface area contributed by atoms with Crippen molar-refractivity contribution in [1.29, 1.82) is 0 Å². The lowest BCUT2D eigenvalue weighted by molar-refractivity contribution is -0.122. The molecule has 0 aromatic carbocycles. The molecule has 3 heterocycles. The fourth-order valence-electron chi connectivity index (χ4n) is 1.77. The number of carbonyl (C=O) groups excluding carboxylic acids is 2. The average Bonchev–Trinajstić information content (AvgIpc) is 2.89. The average molecular weight is 243 g/mol. The Hall–Kier alpha value is -2.63. The van der Waals surface area contributed by atoms with Gasteiger partial charge in [0.15, 0.2) is 5.76 Å². The quantitative estimate of drug-likeness (QED) is 0.770. The molecule has 0 unspecified atom stereocenters. The molecule has 0 atom stereocenters. The molecule has 1 fully saturated rings. The Morgan fingerprint density at radius 2 is 2.28 bits per heavy atom. The highest BCUT2D eigenvalue weighted by Crippen LogP contribution is 2.22. The Morgan fingerprint density at radius 1 is 1.44 bits per heavy atom. The smallest absolute Gasteiger partial charge is 0.404 e. The van der Waals surface area contributed by atoms with Crippen molar-refractivity contribution in [2.45, 2.75) is 0 Å². The number of likely N-dealkylation sites (N-methyl/N-ethyl adjacent to an activating group) is 1. The predicted octanol–water partition coefficient (Wildman–Crippen LogP) is 1.51. The molecular weight excluding hydrogens is 234 g/mol. The van der Waals surface area contributed by atoms with E-state index in [1.54, 1.807) is 12.4 Å². The number of fused-ring (bicyclic) bond motifs is 1. The summed E-state index contributed by atoms with van der Waals surface area (Å²) in [6, 6.07) is 3.68. The third kappa shape index (κ3) is 1.46. The fraction of sp³-hybridized carbons (Fsp3) is 0.0833. The van der Waals surface area contributed by atoms with Gasteiger partial charge in [-0.05, 0) is 18.2 Å². The van der Waals surface area contributed by atoms with Gasteiger partial charge in [0.2, 0.25) is 0 Å². The number of amides is 2. The highest BCUT2D eigenvalue weighted by atomic mass is 16.6. The fourth-order valence-corrected chi connectivity index (χ4v) is 1.77. The first-order valence-electron chi connectivity index (χ1n) is 5.30. The van der Waals surface area contributed by atoms with Gasteiger partial charge in [-0.15, -0.1) is 0 Å². The van der Waals surface area contributed by atoms with Crippen molar-refractivity contribution in [3.63, 3.8) is 0 Å². The second-order valence-electron chi connectivity index (χ2n) is 3.88. The Balaban J connectivity index is 2.07. The Labute approximate surface area is 102 Å². The van der Waals surface area contributed by atoms with Crippen molar-refractivity contribution in [3.05, 3.63) is 35.8 Å². The molecule has 2 amide bonds. The minimum atomic E-state index is -0.668. The van der Waals surface area contributed by atoms with E-state index in [0.29, 0.717) is 5.56 Å². The third-order valence-corrected chi connectivity index (χ3v) is 2.74. The molecule has 0 bridgehead atoms. The zero-order valence-corrected chi connectivity index (χ0v) is 9.51. The zero-order valence-electron chi connectivity index (χ0n) is 9.51. The lowest BCUT2D eigenvalue weighted by Crippen LogP contribution is -2.23. The topological polar surface area (TPSA) is 75.3 Å². The van der Waals surface area contributed by atoms with Crippen LogP contribution in [-0.2, 0) is 9.53 Å². The van der Waals surface area contributed by atoms with Crippen molar-refractivity contribution in [2.24, 2.45) is 0 Å². The first kappa shape index (κ1) is 10.5. The SMILES string of the molecule is CN1C(=O)O/C(=C\c2c[nH]c3cccnc23)C1=O. The number of rotatable bonds is 1. The van der Waals surface area contributed by atoms with E-state index in [1.165, 1.54) is 13.1 Å². The van der Waals surface area contributed by atoms with Gasteiger partial charge in [-0.1, -0.05) is 0 Å². The summed E-state index contributed by atoms with van der Waals surface area (Å²) in [5.41, 5.74) is 2.29. The number of H-pyrrole nitrogens is 1. The van der Waals surface area contributed by atoms with Crippen LogP contribution in [0.1, 0.15) is 5.56 Å². The van der Waals surface area contributed by atoms with Gasteiger partial charge in [-0.25, -0.2) is 9.69 Å². The van der Waals surface area contributed by atoms with Crippen molar-refractivity contribution in [3.8, 4) is 0 Å². The normalized spacial score (nSPS) is 17.8. The number of nitrogens with one attached hydrogen (secondary N) is 1. The van der Waals surface area contributed by atoms with Gasteiger partial charge in [0, 0.05) is 25.0 Å². The second kappa shape index (κ2) is 3.69. The van der Waals surface area contributed by atoms with Gasteiger partial charge in [0.05, 0.1) is 11.0 Å². The maximum Gasteiger partial charge on any atom is 0.422 e. The van der Waals surface area contributed by atoms with E-state index in [0.717, 1.165) is 15.9 Å². The molecule has 6 nitrogen and oxygen atoms in total. The largest absolute Gasteiger partial charge is 0.422 e.